The fourth-order valence-electron chi connectivity index (χ4n) is 2.92. The van der Waals surface area contributed by atoms with Gasteiger partial charge in [0.05, 0.1) is 0 Å². The van der Waals surface area contributed by atoms with Crippen LogP contribution in [0, 0.1) is 0 Å². The van der Waals surface area contributed by atoms with Gasteiger partial charge in [-0.1, -0.05) is 68.4 Å². The van der Waals surface area contributed by atoms with Crippen molar-refractivity contribution in [2.24, 2.45) is 0 Å². The summed E-state index contributed by atoms with van der Waals surface area (Å²) in [5.41, 5.74) is 5.27. The monoisotopic (exact) mass is 360 g/mol. The van der Waals surface area contributed by atoms with E-state index in [-0.39, 0.29) is 0 Å². The Hall–Kier alpha value is -2.16. The van der Waals surface area contributed by atoms with E-state index >= 15 is 0 Å². The minimum Gasteiger partial charge on any atom is -0.144 e. The largest absolute Gasteiger partial charge is 0.144 e. The third kappa shape index (κ3) is 3.46. The number of thiophene rings is 2. The van der Waals surface area contributed by atoms with E-state index in [0.29, 0.717) is 5.92 Å². The second-order valence-electron chi connectivity index (χ2n) is 6.50. The van der Waals surface area contributed by atoms with Gasteiger partial charge in [0, 0.05) is 14.6 Å². The molecule has 0 amide bonds. The first-order valence-corrected chi connectivity index (χ1v) is 10.2. The Morgan fingerprint density at radius 2 is 1.12 bits per heavy atom. The zero-order chi connectivity index (χ0) is 17.2. The summed E-state index contributed by atoms with van der Waals surface area (Å²) in [6.07, 6.45) is 0. The molecule has 0 atom stereocenters. The molecule has 2 heteroatoms. The predicted molar refractivity (Wildman–Crippen MR) is 113 cm³/mol. The van der Waals surface area contributed by atoms with Crippen LogP contribution < -0.4 is 0 Å². The highest BCUT2D eigenvalue weighted by atomic mass is 32.1. The summed E-state index contributed by atoms with van der Waals surface area (Å²) >= 11 is 3.64. The lowest BCUT2D eigenvalue weighted by Gasteiger charge is -2.05. The first-order valence-electron chi connectivity index (χ1n) is 8.55. The average molecular weight is 361 g/mol. The van der Waals surface area contributed by atoms with Crippen molar-refractivity contribution in [3.05, 3.63) is 83.7 Å². The molecule has 0 spiro atoms. The van der Waals surface area contributed by atoms with E-state index < -0.39 is 0 Å². The van der Waals surface area contributed by atoms with Crippen LogP contribution in [0.25, 0.3) is 31.3 Å². The fourth-order valence-corrected chi connectivity index (χ4v) is 4.67. The van der Waals surface area contributed by atoms with Crippen molar-refractivity contribution in [1.29, 1.82) is 0 Å². The quantitative estimate of drug-likeness (QED) is 0.346. The van der Waals surface area contributed by atoms with Crippen molar-refractivity contribution in [2.75, 3.05) is 0 Å². The molecular weight excluding hydrogens is 340 g/mol. The first-order chi connectivity index (χ1) is 12.2. The Morgan fingerprint density at radius 3 is 1.60 bits per heavy atom. The van der Waals surface area contributed by atoms with Crippen LogP contribution in [-0.2, 0) is 0 Å². The van der Waals surface area contributed by atoms with E-state index in [4.69, 9.17) is 0 Å². The maximum absolute atomic E-state index is 2.25. The van der Waals surface area contributed by atoms with Gasteiger partial charge in [-0.05, 0) is 51.8 Å². The van der Waals surface area contributed by atoms with Crippen molar-refractivity contribution in [3.8, 4) is 31.3 Å². The zero-order valence-electron chi connectivity index (χ0n) is 14.4. The molecule has 0 saturated heterocycles. The van der Waals surface area contributed by atoms with Gasteiger partial charge in [0.25, 0.3) is 0 Å². The predicted octanol–water partition coefficient (Wildman–Crippen LogP) is 7.93. The normalized spacial score (nSPS) is 11.2. The van der Waals surface area contributed by atoms with E-state index in [2.05, 4.69) is 92.0 Å². The van der Waals surface area contributed by atoms with Crippen LogP contribution >= 0.6 is 22.7 Å². The fraction of sp³-hybridized carbons (Fsp3) is 0.130. The van der Waals surface area contributed by atoms with Crippen molar-refractivity contribution in [2.45, 2.75) is 19.8 Å². The summed E-state index contributed by atoms with van der Waals surface area (Å²) in [5, 5.41) is 2.12. The van der Waals surface area contributed by atoms with Crippen LogP contribution in [0.2, 0.25) is 0 Å². The van der Waals surface area contributed by atoms with E-state index in [1.807, 2.05) is 11.3 Å². The Kier molecular flexibility index (Phi) is 4.56. The molecule has 0 saturated carbocycles. The molecule has 0 aliphatic carbocycles. The molecule has 0 aliphatic rings. The zero-order valence-corrected chi connectivity index (χ0v) is 16.0. The highest BCUT2D eigenvalue weighted by molar-refractivity contribution is 7.18. The van der Waals surface area contributed by atoms with Gasteiger partial charge in [-0.2, -0.15) is 0 Å². The molecule has 0 N–H and O–H groups in total. The maximum Gasteiger partial charge on any atom is 0.0349 e. The summed E-state index contributed by atoms with van der Waals surface area (Å²) in [6, 6.07) is 26.6. The molecule has 2 aromatic carbocycles. The van der Waals surface area contributed by atoms with Crippen LogP contribution in [0.1, 0.15) is 25.3 Å². The van der Waals surface area contributed by atoms with Gasteiger partial charge < -0.3 is 0 Å². The van der Waals surface area contributed by atoms with Crippen molar-refractivity contribution < 1.29 is 0 Å². The second-order valence-corrected chi connectivity index (χ2v) is 8.53. The number of hydrogen-bond donors (Lipinski definition) is 0. The van der Waals surface area contributed by atoms with Crippen LogP contribution in [0.15, 0.2) is 78.2 Å². The summed E-state index contributed by atoms with van der Waals surface area (Å²) in [5.74, 6) is 0.579. The standard InChI is InChI=1S/C23H20S2/c1-16(2)17-5-7-19(8-6-17)22-13-14-23(25-22)20-11-9-18(10-12-20)21-4-3-15-24-21/h3-16H,1-2H3. The molecule has 25 heavy (non-hydrogen) atoms. The smallest absolute Gasteiger partial charge is 0.0349 e. The molecule has 0 bridgehead atoms. The maximum atomic E-state index is 2.25. The molecule has 4 rings (SSSR count). The summed E-state index contributed by atoms with van der Waals surface area (Å²) in [7, 11) is 0. The lowest BCUT2D eigenvalue weighted by molar-refractivity contribution is 0.867. The molecule has 2 heterocycles. The Balaban J connectivity index is 1.58. The van der Waals surface area contributed by atoms with E-state index in [1.165, 1.54) is 36.9 Å². The minimum atomic E-state index is 0.579. The second kappa shape index (κ2) is 6.99. The van der Waals surface area contributed by atoms with E-state index in [1.54, 1.807) is 11.3 Å². The lowest BCUT2D eigenvalue weighted by Crippen LogP contribution is -1.85. The number of benzene rings is 2. The molecule has 0 aliphatic heterocycles. The highest BCUT2D eigenvalue weighted by Crippen LogP contribution is 2.36. The summed E-state index contributed by atoms with van der Waals surface area (Å²) in [4.78, 5) is 3.97. The third-order valence-electron chi connectivity index (χ3n) is 4.44. The van der Waals surface area contributed by atoms with Crippen LogP contribution in [0.3, 0.4) is 0 Å². The highest BCUT2D eigenvalue weighted by Gasteiger charge is 2.07. The Morgan fingerprint density at radius 1 is 0.600 bits per heavy atom. The first kappa shape index (κ1) is 16.3. The van der Waals surface area contributed by atoms with Crippen molar-refractivity contribution in [1.82, 2.24) is 0 Å². The molecule has 4 aromatic rings. The molecule has 0 radical (unpaired) electrons. The van der Waals surface area contributed by atoms with Gasteiger partial charge in [0.15, 0.2) is 0 Å². The molecule has 0 nitrogen and oxygen atoms in total. The van der Waals surface area contributed by atoms with Gasteiger partial charge in [-0.15, -0.1) is 22.7 Å². The van der Waals surface area contributed by atoms with Gasteiger partial charge in [0.1, 0.15) is 0 Å². The van der Waals surface area contributed by atoms with E-state index in [9.17, 15) is 0 Å². The van der Waals surface area contributed by atoms with Gasteiger partial charge >= 0.3 is 0 Å². The van der Waals surface area contributed by atoms with Gasteiger partial charge in [0.2, 0.25) is 0 Å². The molecule has 124 valence electrons. The van der Waals surface area contributed by atoms with Crippen LogP contribution in [-0.4, -0.2) is 0 Å². The van der Waals surface area contributed by atoms with Gasteiger partial charge in [-0.3, -0.25) is 0 Å². The van der Waals surface area contributed by atoms with Crippen LogP contribution in [0.4, 0.5) is 0 Å². The third-order valence-corrected chi connectivity index (χ3v) is 6.55. The van der Waals surface area contributed by atoms with Crippen molar-refractivity contribution >= 4 is 22.7 Å². The lowest BCUT2D eigenvalue weighted by atomic mass is 10.0. The SMILES string of the molecule is CC(C)c1ccc(-c2ccc(-c3ccc(-c4cccs4)cc3)s2)cc1. The molecule has 2 aromatic heterocycles. The minimum absolute atomic E-state index is 0.579. The van der Waals surface area contributed by atoms with Crippen molar-refractivity contribution in [3.63, 3.8) is 0 Å². The number of rotatable bonds is 4. The molecular formula is C23H20S2. The number of hydrogen-bond acceptors (Lipinski definition) is 2. The summed E-state index contributed by atoms with van der Waals surface area (Å²) in [6.45, 7) is 4.47. The molecule has 0 unspecified atom stereocenters. The molecule has 0 fully saturated rings. The topological polar surface area (TPSA) is 0 Å². The van der Waals surface area contributed by atoms with E-state index in [0.717, 1.165) is 0 Å². The Bertz CT molecular complexity index is 940. The average Bonchev–Trinajstić information content (AvgIpc) is 3.34. The van der Waals surface area contributed by atoms with Crippen LogP contribution in [0.5, 0.6) is 0 Å². The van der Waals surface area contributed by atoms with Gasteiger partial charge in [-0.25, -0.2) is 0 Å². The summed E-state index contributed by atoms with van der Waals surface area (Å²) < 4.78 is 0. The Labute approximate surface area is 157 Å².